The van der Waals surface area contributed by atoms with Crippen molar-refractivity contribution in [2.45, 2.75) is 25.8 Å². The summed E-state index contributed by atoms with van der Waals surface area (Å²) in [7, 11) is 3.61. The van der Waals surface area contributed by atoms with Gasteiger partial charge in [-0.15, -0.1) is 11.6 Å². The molecule has 1 unspecified atom stereocenters. The summed E-state index contributed by atoms with van der Waals surface area (Å²) in [5.41, 5.74) is -0.0875. The highest BCUT2D eigenvalue weighted by Gasteiger charge is 2.32. The first kappa shape index (κ1) is 19.1. The summed E-state index contributed by atoms with van der Waals surface area (Å²) in [5, 5.41) is 3.44. The number of ketones is 1. The van der Waals surface area contributed by atoms with Gasteiger partial charge in [-0.2, -0.15) is 0 Å². The number of halogens is 3. The normalized spacial score (nSPS) is 13.4. The average Bonchev–Trinajstić information content (AvgIpc) is 2.44. The molecule has 0 aliphatic rings. The van der Waals surface area contributed by atoms with Crippen LogP contribution in [0.5, 0.6) is 0 Å². The molecule has 0 aliphatic carbocycles. The van der Waals surface area contributed by atoms with E-state index in [-0.39, 0.29) is 11.7 Å². The number of carbonyl (C=O) groups excluding carboxylic acids is 2. The molecule has 1 amide bonds. The summed E-state index contributed by atoms with van der Waals surface area (Å²) in [6, 6.07) is 3.05. The maximum Gasteiger partial charge on any atom is 0.252 e. The van der Waals surface area contributed by atoms with Crippen LogP contribution >= 0.6 is 34.8 Å². The molecule has 1 N–H and O–H groups in total. The SMILES string of the molecule is CCC(C)(NC(=O)c1cc(Cl)c(N(C)C)c(Cl)c1)C(=O)CCl. The van der Waals surface area contributed by atoms with Crippen LogP contribution in [0.2, 0.25) is 10.0 Å². The number of rotatable bonds is 6. The number of alkyl halides is 1. The van der Waals surface area contributed by atoms with Gasteiger partial charge in [-0.05, 0) is 25.5 Å². The number of Topliss-reactive ketones (excluding diaryl/α,β-unsaturated/α-hetero) is 1. The first-order valence-electron chi connectivity index (χ1n) is 6.74. The van der Waals surface area contributed by atoms with Crippen LogP contribution in [-0.4, -0.2) is 37.2 Å². The van der Waals surface area contributed by atoms with Gasteiger partial charge in [-0.25, -0.2) is 0 Å². The van der Waals surface area contributed by atoms with Gasteiger partial charge in [0.2, 0.25) is 0 Å². The Morgan fingerprint density at radius 3 is 2.09 bits per heavy atom. The number of nitrogens with zero attached hydrogens (tertiary/aromatic N) is 1. The fraction of sp³-hybridized carbons (Fsp3) is 0.467. The van der Waals surface area contributed by atoms with Crippen LogP contribution < -0.4 is 10.2 Å². The number of hydrogen-bond donors (Lipinski definition) is 1. The lowest BCUT2D eigenvalue weighted by Crippen LogP contribution is -2.52. The third-order valence-corrected chi connectivity index (χ3v) is 4.38. The van der Waals surface area contributed by atoms with E-state index in [1.807, 2.05) is 0 Å². The Morgan fingerprint density at radius 2 is 1.73 bits per heavy atom. The lowest BCUT2D eigenvalue weighted by molar-refractivity contribution is -0.122. The highest BCUT2D eigenvalue weighted by Crippen LogP contribution is 2.33. The Bertz CT molecular complexity index is 567. The molecule has 0 fully saturated rings. The van der Waals surface area contributed by atoms with Gasteiger partial charge in [0.1, 0.15) is 0 Å². The highest BCUT2D eigenvalue weighted by atomic mass is 35.5. The van der Waals surface area contributed by atoms with Crippen LogP contribution in [0.1, 0.15) is 30.6 Å². The van der Waals surface area contributed by atoms with Gasteiger partial charge in [0.25, 0.3) is 5.91 Å². The summed E-state index contributed by atoms with van der Waals surface area (Å²) < 4.78 is 0. The lowest BCUT2D eigenvalue weighted by atomic mass is 9.93. The Hall–Kier alpha value is -0.970. The van der Waals surface area contributed by atoms with Crippen molar-refractivity contribution in [2.24, 2.45) is 0 Å². The molecular weight excluding hydrogens is 347 g/mol. The van der Waals surface area contributed by atoms with Gasteiger partial charge in [0.05, 0.1) is 27.2 Å². The molecule has 22 heavy (non-hydrogen) atoms. The predicted octanol–water partition coefficient (Wildman–Crippen LogP) is 3.77. The topological polar surface area (TPSA) is 49.4 Å². The zero-order valence-corrected chi connectivity index (χ0v) is 15.2. The third kappa shape index (κ3) is 4.06. The van der Waals surface area contributed by atoms with Crippen molar-refractivity contribution in [3.05, 3.63) is 27.7 Å². The van der Waals surface area contributed by atoms with E-state index < -0.39 is 11.4 Å². The first-order chi connectivity index (χ1) is 10.2. The van der Waals surface area contributed by atoms with Gasteiger partial charge in [-0.3, -0.25) is 9.59 Å². The zero-order chi connectivity index (χ0) is 17.1. The van der Waals surface area contributed by atoms with Crippen LogP contribution in [0.25, 0.3) is 0 Å². The van der Waals surface area contributed by atoms with Gasteiger partial charge in [0, 0.05) is 19.7 Å². The van der Waals surface area contributed by atoms with E-state index >= 15 is 0 Å². The number of nitrogens with one attached hydrogen (secondary N) is 1. The van der Waals surface area contributed by atoms with E-state index in [0.29, 0.717) is 27.7 Å². The van der Waals surface area contributed by atoms with Crippen molar-refractivity contribution in [3.63, 3.8) is 0 Å². The second kappa shape index (κ2) is 7.53. The maximum absolute atomic E-state index is 12.4. The van der Waals surface area contributed by atoms with E-state index in [2.05, 4.69) is 5.32 Å². The molecule has 0 heterocycles. The molecular formula is C15H19Cl3N2O2. The Labute approximate surface area is 145 Å². The minimum atomic E-state index is -1.02. The summed E-state index contributed by atoms with van der Waals surface area (Å²) in [5.74, 6) is -0.824. The van der Waals surface area contributed by atoms with Crippen LogP contribution in [0.15, 0.2) is 12.1 Å². The monoisotopic (exact) mass is 364 g/mol. The maximum atomic E-state index is 12.4. The molecule has 0 saturated heterocycles. The third-order valence-electron chi connectivity index (χ3n) is 3.56. The molecule has 0 aliphatic heterocycles. The lowest BCUT2D eigenvalue weighted by Gasteiger charge is -2.27. The van der Waals surface area contributed by atoms with Crippen molar-refractivity contribution >= 4 is 52.2 Å². The van der Waals surface area contributed by atoms with Crippen LogP contribution in [0, 0.1) is 0 Å². The van der Waals surface area contributed by atoms with E-state index in [1.54, 1.807) is 32.8 Å². The Kier molecular flexibility index (Phi) is 6.53. The summed E-state index contributed by atoms with van der Waals surface area (Å²) >= 11 is 18.0. The molecule has 1 aromatic carbocycles. The number of benzene rings is 1. The van der Waals surface area contributed by atoms with Crippen molar-refractivity contribution in [3.8, 4) is 0 Å². The second-order valence-electron chi connectivity index (χ2n) is 5.38. The van der Waals surface area contributed by atoms with E-state index in [1.165, 1.54) is 12.1 Å². The van der Waals surface area contributed by atoms with Crippen molar-refractivity contribution in [1.82, 2.24) is 5.32 Å². The molecule has 1 rings (SSSR count). The number of hydrogen-bond acceptors (Lipinski definition) is 3. The molecule has 0 bridgehead atoms. The van der Waals surface area contributed by atoms with Crippen molar-refractivity contribution < 1.29 is 9.59 Å². The largest absolute Gasteiger partial charge is 0.375 e. The number of anilines is 1. The number of amides is 1. The van der Waals surface area contributed by atoms with Crippen LogP contribution in [0.3, 0.4) is 0 Å². The molecule has 7 heteroatoms. The van der Waals surface area contributed by atoms with Gasteiger partial charge >= 0.3 is 0 Å². The quantitative estimate of drug-likeness (QED) is 0.781. The molecule has 1 aromatic rings. The minimum Gasteiger partial charge on any atom is -0.375 e. The van der Waals surface area contributed by atoms with E-state index in [4.69, 9.17) is 34.8 Å². The molecule has 0 spiro atoms. The molecule has 0 aromatic heterocycles. The van der Waals surface area contributed by atoms with Crippen LogP contribution in [-0.2, 0) is 4.79 Å². The fourth-order valence-corrected chi connectivity index (χ4v) is 3.07. The van der Waals surface area contributed by atoms with E-state index in [9.17, 15) is 9.59 Å². The Balaban J connectivity index is 3.12. The first-order valence-corrected chi connectivity index (χ1v) is 8.03. The van der Waals surface area contributed by atoms with E-state index in [0.717, 1.165) is 0 Å². The molecule has 122 valence electrons. The van der Waals surface area contributed by atoms with Crippen LogP contribution in [0.4, 0.5) is 5.69 Å². The minimum absolute atomic E-state index is 0.161. The molecule has 1 atom stereocenters. The van der Waals surface area contributed by atoms with Crippen molar-refractivity contribution in [2.75, 3.05) is 24.9 Å². The summed E-state index contributed by atoms with van der Waals surface area (Å²) in [4.78, 5) is 26.1. The fourth-order valence-electron chi connectivity index (χ4n) is 1.95. The molecule has 4 nitrogen and oxygen atoms in total. The average molecular weight is 366 g/mol. The smallest absolute Gasteiger partial charge is 0.252 e. The Morgan fingerprint density at radius 1 is 1.23 bits per heavy atom. The summed E-state index contributed by atoms with van der Waals surface area (Å²) in [6.07, 6.45) is 0.432. The second-order valence-corrected chi connectivity index (χ2v) is 6.46. The predicted molar refractivity (Wildman–Crippen MR) is 92.7 cm³/mol. The molecule has 0 saturated carbocycles. The zero-order valence-electron chi connectivity index (χ0n) is 13.0. The standard InChI is InChI=1S/C15H19Cl3N2O2/c1-5-15(2,12(21)8-16)19-14(22)9-6-10(17)13(20(3)4)11(18)7-9/h6-7H,5,8H2,1-4H3,(H,19,22). The van der Waals surface area contributed by atoms with Gasteiger partial charge in [0.15, 0.2) is 5.78 Å². The highest BCUT2D eigenvalue weighted by molar-refractivity contribution is 6.39. The molecule has 0 radical (unpaired) electrons. The van der Waals surface area contributed by atoms with Gasteiger partial charge in [-0.1, -0.05) is 30.1 Å². The van der Waals surface area contributed by atoms with Gasteiger partial charge < -0.3 is 10.2 Å². The summed E-state index contributed by atoms with van der Waals surface area (Å²) in [6.45, 7) is 3.45. The van der Waals surface area contributed by atoms with Crippen molar-refractivity contribution in [1.29, 1.82) is 0 Å². The number of carbonyl (C=O) groups is 2.